The van der Waals surface area contributed by atoms with E-state index in [1.807, 2.05) is 22.4 Å². The Labute approximate surface area is 144 Å². The molecular weight excluding hydrogens is 324 g/mol. The van der Waals surface area contributed by atoms with Gasteiger partial charge < -0.3 is 10.6 Å². The van der Waals surface area contributed by atoms with E-state index in [1.54, 1.807) is 13.0 Å². The summed E-state index contributed by atoms with van der Waals surface area (Å²) in [7, 11) is 0. The van der Waals surface area contributed by atoms with Crippen molar-refractivity contribution in [3.05, 3.63) is 45.7 Å². The van der Waals surface area contributed by atoms with Crippen LogP contribution in [0.15, 0.2) is 23.6 Å². The van der Waals surface area contributed by atoms with Crippen LogP contribution in [0.5, 0.6) is 0 Å². The maximum Gasteiger partial charge on any atom is 0.267 e. The van der Waals surface area contributed by atoms with Crippen LogP contribution in [0, 0.1) is 12.8 Å². The van der Waals surface area contributed by atoms with E-state index in [0.29, 0.717) is 18.3 Å². The smallest absolute Gasteiger partial charge is 0.267 e. The molecule has 2 aromatic heterocycles. The van der Waals surface area contributed by atoms with Crippen molar-refractivity contribution in [2.45, 2.75) is 26.2 Å². The third-order valence-corrected chi connectivity index (χ3v) is 5.04. The molecule has 6 nitrogen and oxygen atoms in total. The first-order valence-electron chi connectivity index (χ1n) is 8.00. The predicted molar refractivity (Wildman–Crippen MR) is 91.9 cm³/mol. The third kappa shape index (κ3) is 3.79. The molecular formula is C17H20N4O2S. The molecule has 126 valence electrons. The molecule has 2 aromatic rings. The van der Waals surface area contributed by atoms with E-state index in [-0.39, 0.29) is 11.6 Å². The van der Waals surface area contributed by atoms with Gasteiger partial charge in [0.25, 0.3) is 11.8 Å². The van der Waals surface area contributed by atoms with E-state index in [2.05, 4.69) is 9.97 Å². The van der Waals surface area contributed by atoms with Crippen LogP contribution in [-0.4, -0.2) is 39.8 Å². The van der Waals surface area contributed by atoms with Crippen LogP contribution in [0.1, 0.15) is 44.5 Å². The Morgan fingerprint density at radius 1 is 1.42 bits per heavy atom. The molecule has 2 amide bonds. The number of aromatic nitrogens is 2. The molecule has 0 unspecified atom stereocenters. The van der Waals surface area contributed by atoms with Crippen LogP contribution in [0.3, 0.4) is 0 Å². The summed E-state index contributed by atoms with van der Waals surface area (Å²) in [6.45, 7) is 3.26. The molecule has 7 heteroatoms. The minimum absolute atomic E-state index is 0.103. The molecule has 1 atom stereocenters. The zero-order valence-corrected chi connectivity index (χ0v) is 14.4. The van der Waals surface area contributed by atoms with Crippen LogP contribution in [0.4, 0.5) is 0 Å². The number of nitrogens with zero attached hydrogens (tertiary/aromatic N) is 3. The summed E-state index contributed by atoms with van der Waals surface area (Å²) >= 11 is 1.47. The van der Waals surface area contributed by atoms with Crippen molar-refractivity contribution in [2.75, 3.05) is 13.1 Å². The summed E-state index contributed by atoms with van der Waals surface area (Å²) < 4.78 is 0. The van der Waals surface area contributed by atoms with Crippen LogP contribution < -0.4 is 5.73 Å². The SMILES string of the molecule is Cc1nc(C[C@H]2CCCN(C(=O)c3cccs3)C2)cc(C(N)=O)n1. The van der Waals surface area contributed by atoms with E-state index >= 15 is 0 Å². The number of amides is 2. The van der Waals surface area contributed by atoms with Gasteiger partial charge in [0.05, 0.1) is 4.88 Å². The summed E-state index contributed by atoms with van der Waals surface area (Å²) in [5, 5.41) is 1.92. The van der Waals surface area contributed by atoms with Gasteiger partial charge in [-0.15, -0.1) is 11.3 Å². The zero-order chi connectivity index (χ0) is 17.1. The predicted octanol–water partition coefficient (Wildman–Crippen LogP) is 2.04. The Kier molecular flexibility index (Phi) is 4.89. The van der Waals surface area contributed by atoms with Gasteiger partial charge in [-0.25, -0.2) is 9.97 Å². The van der Waals surface area contributed by atoms with Crippen LogP contribution in [-0.2, 0) is 6.42 Å². The van der Waals surface area contributed by atoms with E-state index in [0.717, 1.165) is 36.4 Å². The monoisotopic (exact) mass is 344 g/mol. The molecule has 0 radical (unpaired) electrons. The quantitative estimate of drug-likeness (QED) is 0.919. The highest BCUT2D eigenvalue weighted by Gasteiger charge is 2.25. The highest BCUT2D eigenvalue weighted by molar-refractivity contribution is 7.12. The van der Waals surface area contributed by atoms with Gasteiger partial charge in [-0.3, -0.25) is 9.59 Å². The van der Waals surface area contributed by atoms with E-state index in [9.17, 15) is 9.59 Å². The summed E-state index contributed by atoms with van der Waals surface area (Å²) in [6, 6.07) is 5.42. The average Bonchev–Trinajstić information content (AvgIpc) is 3.08. The summed E-state index contributed by atoms with van der Waals surface area (Å²) in [5.41, 5.74) is 6.38. The maximum atomic E-state index is 12.5. The molecule has 1 fully saturated rings. The Hall–Kier alpha value is -2.28. The van der Waals surface area contributed by atoms with Gasteiger partial charge in [-0.05, 0) is 49.6 Å². The maximum absolute atomic E-state index is 12.5. The molecule has 24 heavy (non-hydrogen) atoms. The lowest BCUT2D eigenvalue weighted by Gasteiger charge is -2.32. The number of carbonyl (C=O) groups excluding carboxylic acids is 2. The second-order valence-corrected chi connectivity index (χ2v) is 7.04. The first-order valence-corrected chi connectivity index (χ1v) is 8.88. The fourth-order valence-corrected chi connectivity index (χ4v) is 3.82. The Balaban J connectivity index is 1.69. The second-order valence-electron chi connectivity index (χ2n) is 6.10. The van der Waals surface area contributed by atoms with Gasteiger partial charge >= 0.3 is 0 Å². The van der Waals surface area contributed by atoms with Crippen LogP contribution in [0.2, 0.25) is 0 Å². The van der Waals surface area contributed by atoms with Crippen LogP contribution >= 0.6 is 11.3 Å². The molecule has 1 saturated heterocycles. The number of piperidine rings is 1. The average molecular weight is 344 g/mol. The minimum atomic E-state index is -0.542. The number of likely N-dealkylation sites (tertiary alicyclic amines) is 1. The first-order chi connectivity index (χ1) is 11.5. The summed E-state index contributed by atoms with van der Waals surface area (Å²) in [5.74, 6) is 0.438. The van der Waals surface area contributed by atoms with Crippen molar-refractivity contribution in [3.8, 4) is 0 Å². The molecule has 0 saturated carbocycles. The summed E-state index contributed by atoms with van der Waals surface area (Å²) in [6.07, 6.45) is 2.75. The highest BCUT2D eigenvalue weighted by atomic mass is 32.1. The molecule has 3 rings (SSSR count). The van der Waals surface area contributed by atoms with E-state index in [4.69, 9.17) is 5.73 Å². The van der Waals surface area contributed by atoms with Crippen molar-refractivity contribution >= 4 is 23.2 Å². The van der Waals surface area contributed by atoms with Crippen molar-refractivity contribution in [3.63, 3.8) is 0 Å². The number of hydrogen-bond donors (Lipinski definition) is 1. The first kappa shape index (κ1) is 16.6. The highest BCUT2D eigenvalue weighted by Crippen LogP contribution is 2.23. The lowest BCUT2D eigenvalue weighted by atomic mass is 9.93. The normalized spacial score (nSPS) is 17.7. The molecule has 0 aliphatic carbocycles. The van der Waals surface area contributed by atoms with Gasteiger partial charge in [-0.1, -0.05) is 6.07 Å². The fourth-order valence-electron chi connectivity index (χ4n) is 3.13. The minimum Gasteiger partial charge on any atom is -0.364 e. The Morgan fingerprint density at radius 2 is 2.25 bits per heavy atom. The lowest BCUT2D eigenvalue weighted by Crippen LogP contribution is -2.40. The molecule has 0 aromatic carbocycles. The van der Waals surface area contributed by atoms with Gasteiger partial charge in [0.1, 0.15) is 11.5 Å². The molecule has 1 aliphatic heterocycles. The van der Waals surface area contributed by atoms with Gasteiger partial charge in [0, 0.05) is 18.8 Å². The Morgan fingerprint density at radius 3 is 2.96 bits per heavy atom. The topological polar surface area (TPSA) is 89.2 Å². The Bertz CT molecular complexity index is 745. The third-order valence-electron chi connectivity index (χ3n) is 4.18. The van der Waals surface area contributed by atoms with Crippen LogP contribution in [0.25, 0.3) is 0 Å². The number of thiophene rings is 1. The standard InChI is InChI=1S/C17H20N4O2S/c1-11-19-13(9-14(20-11)16(18)22)8-12-4-2-6-21(10-12)17(23)15-5-3-7-24-15/h3,5,7,9,12H,2,4,6,8,10H2,1H3,(H2,18,22)/t12-/m1/s1. The largest absolute Gasteiger partial charge is 0.364 e. The molecule has 3 heterocycles. The van der Waals surface area contributed by atoms with Gasteiger partial charge in [0.15, 0.2) is 0 Å². The van der Waals surface area contributed by atoms with Gasteiger partial charge in [-0.2, -0.15) is 0 Å². The molecule has 2 N–H and O–H groups in total. The van der Waals surface area contributed by atoms with Crippen molar-refractivity contribution in [1.82, 2.24) is 14.9 Å². The van der Waals surface area contributed by atoms with Crippen molar-refractivity contribution < 1.29 is 9.59 Å². The van der Waals surface area contributed by atoms with E-state index < -0.39 is 5.91 Å². The fraction of sp³-hybridized carbons (Fsp3) is 0.412. The van der Waals surface area contributed by atoms with Crippen molar-refractivity contribution in [2.24, 2.45) is 11.7 Å². The number of aryl methyl sites for hydroxylation is 1. The van der Waals surface area contributed by atoms with E-state index in [1.165, 1.54) is 11.3 Å². The van der Waals surface area contributed by atoms with Crippen molar-refractivity contribution in [1.29, 1.82) is 0 Å². The molecule has 0 spiro atoms. The number of nitrogens with two attached hydrogens (primary N) is 1. The van der Waals surface area contributed by atoms with Gasteiger partial charge in [0.2, 0.25) is 0 Å². The molecule has 1 aliphatic rings. The number of primary amides is 1. The zero-order valence-electron chi connectivity index (χ0n) is 13.6. The number of rotatable bonds is 4. The lowest BCUT2D eigenvalue weighted by molar-refractivity contribution is 0.0677. The second kappa shape index (κ2) is 7.09. The molecule has 0 bridgehead atoms. The summed E-state index contributed by atoms with van der Waals surface area (Å²) in [4.78, 5) is 35.0. The number of carbonyl (C=O) groups is 2. The number of hydrogen-bond acceptors (Lipinski definition) is 5.